The van der Waals surface area contributed by atoms with Gasteiger partial charge in [-0.1, -0.05) is 152 Å². The maximum absolute atomic E-state index is 2.49. The van der Waals surface area contributed by atoms with E-state index in [2.05, 4.69) is 175 Å². The number of benzene rings is 8. The van der Waals surface area contributed by atoms with Gasteiger partial charge in [0, 0.05) is 11.3 Å². The SMILES string of the molecule is C1=Cc2ccccc2N(c2ccc3c4c(cccc24)-c2c(-c4ccccc4)c4c(c(-c5ccccc5)c2-3)C2CCCc3cccc-4c32)c2ccccc21. The molecule has 12 rings (SSSR count). The van der Waals surface area contributed by atoms with Gasteiger partial charge >= 0.3 is 0 Å². The van der Waals surface area contributed by atoms with E-state index in [1.165, 1.54) is 119 Å². The number of anilines is 3. The molecular formula is C52H35N. The van der Waals surface area contributed by atoms with Crippen molar-refractivity contribution < 1.29 is 0 Å². The molecular weight excluding hydrogens is 639 g/mol. The van der Waals surface area contributed by atoms with Crippen LogP contribution in [-0.4, -0.2) is 0 Å². The minimum atomic E-state index is 0.393. The number of aryl methyl sites for hydroxylation is 1. The molecule has 0 saturated carbocycles. The molecule has 8 aromatic rings. The van der Waals surface area contributed by atoms with E-state index in [4.69, 9.17) is 0 Å². The summed E-state index contributed by atoms with van der Waals surface area (Å²) in [4.78, 5) is 2.49. The summed E-state index contributed by atoms with van der Waals surface area (Å²) in [5.41, 5.74) is 24.4. The monoisotopic (exact) mass is 673 g/mol. The molecule has 1 heterocycles. The van der Waals surface area contributed by atoms with Crippen molar-refractivity contribution in [3.05, 3.63) is 186 Å². The van der Waals surface area contributed by atoms with Crippen molar-refractivity contribution in [3.8, 4) is 55.6 Å². The van der Waals surface area contributed by atoms with E-state index in [0.29, 0.717) is 5.92 Å². The van der Waals surface area contributed by atoms with Gasteiger partial charge in [0.15, 0.2) is 0 Å². The Balaban J connectivity index is 1.23. The average molecular weight is 674 g/mol. The van der Waals surface area contributed by atoms with Crippen molar-refractivity contribution >= 4 is 40.0 Å². The van der Waals surface area contributed by atoms with Gasteiger partial charge in [0.2, 0.25) is 0 Å². The quantitative estimate of drug-likeness (QED) is 0.180. The highest BCUT2D eigenvalue weighted by atomic mass is 15.1. The van der Waals surface area contributed by atoms with Crippen molar-refractivity contribution in [1.82, 2.24) is 0 Å². The molecule has 0 amide bonds. The Bertz CT molecular complexity index is 2810. The first-order chi connectivity index (χ1) is 26.3. The first-order valence-corrected chi connectivity index (χ1v) is 19.0. The third-order valence-corrected chi connectivity index (χ3v) is 12.4. The topological polar surface area (TPSA) is 3.24 Å². The number of hydrogen-bond donors (Lipinski definition) is 0. The van der Waals surface area contributed by atoms with Gasteiger partial charge in [-0.15, -0.1) is 0 Å². The maximum Gasteiger partial charge on any atom is 0.0541 e. The van der Waals surface area contributed by atoms with Crippen LogP contribution in [0.5, 0.6) is 0 Å². The molecule has 0 fully saturated rings. The van der Waals surface area contributed by atoms with Crippen LogP contribution in [0, 0.1) is 0 Å². The van der Waals surface area contributed by atoms with Gasteiger partial charge in [-0.25, -0.2) is 0 Å². The molecule has 0 aromatic heterocycles. The highest BCUT2D eigenvalue weighted by Gasteiger charge is 2.42. The van der Waals surface area contributed by atoms with Gasteiger partial charge in [-0.3, -0.25) is 0 Å². The highest BCUT2D eigenvalue weighted by molar-refractivity contribution is 6.26. The molecule has 1 heteroatoms. The molecule has 1 unspecified atom stereocenters. The van der Waals surface area contributed by atoms with Gasteiger partial charge in [0.25, 0.3) is 0 Å². The highest BCUT2D eigenvalue weighted by Crippen LogP contribution is 2.65. The molecule has 0 N–H and O–H groups in total. The molecule has 0 radical (unpaired) electrons. The number of fused-ring (bicyclic) bond motifs is 8. The van der Waals surface area contributed by atoms with Crippen LogP contribution < -0.4 is 4.90 Å². The number of hydrogen-bond acceptors (Lipinski definition) is 1. The Morgan fingerprint density at radius 1 is 0.415 bits per heavy atom. The minimum absolute atomic E-state index is 0.393. The van der Waals surface area contributed by atoms with Crippen molar-refractivity contribution in [3.63, 3.8) is 0 Å². The second-order valence-corrected chi connectivity index (χ2v) is 15.0. The fourth-order valence-corrected chi connectivity index (χ4v) is 10.4. The lowest BCUT2D eigenvalue weighted by atomic mass is 9.76. The van der Waals surface area contributed by atoms with E-state index in [9.17, 15) is 0 Å². The normalized spacial score (nSPS) is 15.4. The van der Waals surface area contributed by atoms with Crippen LogP contribution in [0.3, 0.4) is 0 Å². The summed E-state index contributed by atoms with van der Waals surface area (Å²) in [7, 11) is 0. The number of nitrogens with zero attached hydrogens (tertiary/aromatic N) is 1. The Kier molecular flexibility index (Phi) is 6.07. The summed E-state index contributed by atoms with van der Waals surface area (Å²) in [5.74, 6) is 0.393. The zero-order valence-corrected chi connectivity index (χ0v) is 29.3. The Morgan fingerprint density at radius 3 is 1.75 bits per heavy atom. The van der Waals surface area contributed by atoms with E-state index < -0.39 is 0 Å². The Labute approximate surface area is 310 Å². The predicted molar refractivity (Wildman–Crippen MR) is 223 cm³/mol. The third-order valence-electron chi connectivity index (χ3n) is 12.4. The maximum atomic E-state index is 2.49. The lowest BCUT2D eigenvalue weighted by Crippen LogP contribution is -2.12. The Morgan fingerprint density at radius 2 is 1.02 bits per heavy atom. The molecule has 0 spiro atoms. The molecule has 1 aliphatic heterocycles. The predicted octanol–water partition coefficient (Wildman–Crippen LogP) is 14.2. The van der Waals surface area contributed by atoms with Crippen molar-refractivity contribution in [2.75, 3.05) is 4.90 Å². The third kappa shape index (κ3) is 3.97. The number of para-hydroxylation sites is 2. The lowest BCUT2D eigenvalue weighted by molar-refractivity contribution is 0.628. The van der Waals surface area contributed by atoms with Crippen LogP contribution in [0.25, 0.3) is 78.6 Å². The smallest absolute Gasteiger partial charge is 0.0541 e. The fourth-order valence-electron chi connectivity index (χ4n) is 10.4. The summed E-state index contributed by atoms with van der Waals surface area (Å²) in [6.07, 6.45) is 8.10. The van der Waals surface area contributed by atoms with Crippen LogP contribution in [-0.2, 0) is 6.42 Å². The van der Waals surface area contributed by atoms with Gasteiger partial charge in [0.05, 0.1) is 17.1 Å². The summed E-state index contributed by atoms with van der Waals surface area (Å²) >= 11 is 0. The van der Waals surface area contributed by atoms with E-state index in [0.717, 1.165) is 6.42 Å². The molecule has 3 aliphatic carbocycles. The van der Waals surface area contributed by atoms with Gasteiger partial charge < -0.3 is 4.90 Å². The van der Waals surface area contributed by atoms with Crippen molar-refractivity contribution in [2.24, 2.45) is 0 Å². The molecule has 4 aliphatic rings. The summed E-state index contributed by atoms with van der Waals surface area (Å²) in [6.45, 7) is 0. The summed E-state index contributed by atoms with van der Waals surface area (Å²) in [5, 5.41) is 2.63. The van der Waals surface area contributed by atoms with E-state index in [1.807, 2.05) is 0 Å². The van der Waals surface area contributed by atoms with Crippen LogP contribution >= 0.6 is 0 Å². The molecule has 0 bridgehead atoms. The molecule has 53 heavy (non-hydrogen) atoms. The zero-order valence-electron chi connectivity index (χ0n) is 29.3. The Hall–Kier alpha value is -6.44. The zero-order chi connectivity index (χ0) is 34.6. The summed E-state index contributed by atoms with van der Waals surface area (Å²) < 4.78 is 0. The molecule has 1 nitrogen and oxygen atoms in total. The van der Waals surface area contributed by atoms with E-state index in [1.54, 1.807) is 5.56 Å². The molecule has 0 saturated heterocycles. The fraction of sp³-hybridized carbons (Fsp3) is 0.0769. The van der Waals surface area contributed by atoms with Gasteiger partial charge in [-0.2, -0.15) is 0 Å². The largest absolute Gasteiger partial charge is 0.309 e. The molecule has 248 valence electrons. The molecule has 1 atom stereocenters. The minimum Gasteiger partial charge on any atom is -0.309 e. The van der Waals surface area contributed by atoms with E-state index >= 15 is 0 Å². The standard InChI is InChI=1S/C52H35N/c1-3-16-35(17-4-1)46-49-38-23-11-20-34-21-12-24-39(45(34)38)50(49)47(36-18-5-2-6-19-36)52-41-30-31-44(37-22-13-25-40(48(37)41)51(46)52)53-42-26-9-7-14-32(42)28-29-33-15-8-10-27-43(33)53/h1-11,13-20,22-23,25-31,39H,12,21,24H2. The second-order valence-electron chi connectivity index (χ2n) is 15.0. The average Bonchev–Trinajstić information content (AvgIpc) is 3.67. The first kappa shape index (κ1) is 29.2. The van der Waals surface area contributed by atoms with Gasteiger partial charge in [-0.05, 0) is 126 Å². The van der Waals surface area contributed by atoms with Crippen LogP contribution in [0.4, 0.5) is 17.1 Å². The van der Waals surface area contributed by atoms with Crippen LogP contribution in [0.2, 0.25) is 0 Å². The van der Waals surface area contributed by atoms with E-state index in [-0.39, 0.29) is 0 Å². The van der Waals surface area contributed by atoms with Gasteiger partial charge in [0.1, 0.15) is 0 Å². The number of rotatable bonds is 3. The first-order valence-electron chi connectivity index (χ1n) is 19.0. The summed E-state index contributed by atoms with van der Waals surface area (Å²) in [6, 6.07) is 59.1. The van der Waals surface area contributed by atoms with Crippen LogP contribution in [0.15, 0.2) is 158 Å². The second kappa shape index (κ2) is 11.0. The lowest BCUT2D eigenvalue weighted by Gasteiger charge is -2.29. The van der Waals surface area contributed by atoms with Crippen molar-refractivity contribution in [2.45, 2.75) is 25.2 Å². The van der Waals surface area contributed by atoms with Crippen molar-refractivity contribution in [1.29, 1.82) is 0 Å². The molecule has 8 aromatic carbocycles. The van der Waals surface area contributed by atoms with Crippen LogP contribution in [0.1, 0.15) is 46.6 Å².